The van der Waals surface area contributed by atoms with Gasteiger partial charge in [-0.3, -0.25) is 4.99 Å². The van der Waals surface area contributed by atoms with Crippen LogP contribution in [0.15, 0.2) is 34.2 Å². The second-order valence-corrected chi connectivity index (χ2v) is 7.67. The van der Waals surface area contributed by atoms with Crippen molar-refractivity contribution in [3.8, 4) is 0 Å². The van der Waals surface area contributed by atoms with Crippen LogP contribution in [0.2, 0.25) is 0 Å². The van der Waals surface area contributed by atoms with Gasteiger partial charge in [0, 0.05) is 13.1 Å². The van der Waals surface area contributed by atoms with Crippen molar-refractivity contribution in [2.24, 2.45) is 4.99 Å². The molecule has 0 N–H and O–H groups in total. The molecule has 0 radical (unpaired) electrons. The van der Waals surface area contributed by atoms with Gasteiger partial charge >= 0.3 is 0 Å². The van der Waals surface area contributed by atoms with E-state index in [2.05, 4.69) is 16.8 Å². The van der Waals surface area contributed by atoms with Gasteiger partial charge in [0.25, 0.3) is 10.0 Å². The maximum Gasteiger partial charge on any atom is 0.266 e. The third kappa shape index (κ3) is 2.84. The minimum Gasteiger partial charge on any atom is -0.342 e. The lowest BCUT2D eigenvalue weighted by atomic mass is 10.1. The first-order valence-electron chi connectivity index (χ1n) is 8.04. The largest absolute Gasteiger partial charge is 0.342 e. The molecule has 120 valence electrons. The lowest BCUT2D eigenvalue weighted by molar-refractivity contribution is 0.321. The topological polar surface area (TPSA) is 53.0 Å². The van der Waals surface area contributed by atoms with E-state index < -0.39 is 10.0 Å². The lowest BCUT2D eigenvalue weighted by Gasteiger charge is -2.32. The van der Waals surface area contributed by atoms with E-state index in [0.717, 1.165) is 37.9 Å². The lowest BCUT2D eigenvalue weighted by Crippen LogP contribution is -2.46. The van der Waals surface area contributed by atoms with E-state index in [9.17, 15) is 8.42 Å². The second kappa shape index (κ2) is 6.28. The molecule has 0 saturated carbocycles. The highest BCUT2D eigenvalue weighted by atomic mass is 32.2. The van der Waals surface area contributed by atoms with E-state index in [1.54, 1.807) is 12.1 Å². The predicted molar refractivity (Wildman–Crippen MR) is 87.4 cm³/mol. The minimum atomic E-state index is -3.50. The van der Waals surface area contributed by atoms with Crippen molar-refractivity contribution in [2.45, 2.75) is 37.5 Å². The summed E-state index contributed by atoms with van der Waals surface area (Å²) in [5.41, 5.74) is 1.14. The van der Waals surface area contributed by atoms with Crippen LogP contribution < -0.4 is 0 Å². The molecule has 0 aliphatic carbocycles. The highest BCUT2D eigenvalue weighted by Gasteiger charge is 2.34. The first-order valence-corrected chi connectivity index (χ1v) is 9.48. The SMILES string of the molecule is CCc1ccc(S(=O)(=O)N2CCN=C2N2CCCCC2)cc1. The van der Waals surface area contributed by atoms with E-state index >= 15 is 0 Å². The Hall–Kier alpha value is -1.56. The Bertz CT molecular complexity index is 646. The number of guanidine groups is 1. The highest BCUT2D eigenvalue weighted by Crippen LogP contribution is 2.22. The van der Waals surface area contributed by atoms with Crippen LogP contribution in [0.1, 0.15) is 31.7 Å². The maximum atomic E-state index is 12.9. The zero-order chi connectivity index (χ0) is 15.6. The van der Waals surface area contributed by atoms with Crippen LogP contribution in [0.4, 0.5) is 0 Å². The number of hydrogen-bond acceptors (Lipinski definition) is 4. The number of aliphatic imine (C=N–C) groups is 1. The second-order valence-electron chi connectivity index (χ2n) is 5.80. The fraction of sp³-hybridized carbons (Fsp3) is 0.562. The molecule has 1 aromatic carbocycles. The van der Waals surface area contributed by atoms with Crippen molar-refractivity contribution in [3.05, 3.63) is 29.8 Å². The number of aryl methyl sites for hydroxylation is 1. The average molecular weight is 321 g/mol. The minimum absolute atomic E-state index is 0.358. The van der Waals surface area contributed by atoms with Gasteiger partial charge in [-0.2, -0.15) is 0 Å². The molecule has 0 amide bonds. The average Bonchev–Trinajstić information content (AvgIpc) is 3.06. The Morgan fingerprint density at radius 3 is 2.36 bits per heavy atom. The Balaban J connectivity index is 1.85. The number of nitrogens with zero attached hydrogens (tertiary/aromatic N) is 3. The fourth-order valence-electron chi connectivity index (χ4n) is 3.02. The van der Waals surface area contributed by atoms with Gasteiger partial charge in [-0.1, -0.05) is 19.1 Å². The molecular weight excluding hydrogens is 298 g/mol. The zero-order valence-electron chi connectivity index (χ0n) is 13.0. The number of likely N-dealkylation sites (tertiary alicyclic amines) is 1. The molecular formula is C16H23N3O2S. The molecule has 0 unspecified atom stereocenters. The van der Waals surface area contributed by atoms with Gasteiger partial charge in [-0.15, -0.1) is 0 Å². The zero-order valence-corrected chi connectivity index (χ0v) is 13.8. The molecule has 0 bridgehead atoms. The fourth-order valence-corrected chi connectivity index (χ4v) is 4.47. The van der Waals surface area contributed by atoms with E-state index in [4.69, 9.17) is 0 Å². The third-order valence-electron chi connectivity index (χ3n) is 4.34. The van der Waals surface area contributed by atoms with Crippen LogP contribution in [0.3, 0.4) is 0 Å². The molecule has 2 heterocycles. The van der Waals surface area contributed by atoms with Crippen LogP contribution >= 0.6 is 0 Å². The molecule has 1 saturated heterocycles. The molecule has 2 aliphatic heterocycles. The van der Waals surface area contributed by atoms with Gasteiger partial charge in [0.05, 0.1) is 18.0 Å². The van der Waals surface area contributed by atoms with Crippen molar-refractivity contribution in [2.75, 3.05) is 26.2 Å². The predicted octanol–water partition coefficient (Wildman–Crippen LogP) is 2.10. The van der Waals surface area contributed by atoms with Crippen molar-refractivity contribution in [3.63, 3.8) is 0 Å². The smallest absolute Gasteiger partial charge is 0.266 e. The molecule has 1 aromatic rings. The number of piperidine rings is 1. The standard InChI is InChI=1S/C16H23N3O2S/c1-2-14-6-8-15(9-7-14)22(20,21)19-13-10-17-16(19)18-11-4-3-5-12-18/h6-9H,2-5,10-13H2,1H3. The van der Waals surface area contributed by atoms with E-state index in [1.807, 2.05) is 12.1 Å². The molecule has 2 aliphatic rings. The molecule has 0 spiro atoms. The van der Waals surface area contributed by atoms with Crippen LogP contribution in [0.25, 0.3) is 0 Å². The van der Waals surface area contributed by atoms with Crippen LogP contribution in [0, 0.1) is 0 Å². The summed E-state index contributed by atoms with van der Waals surface area (Å²) in [6.45, 7) is 4.87. The highest BCUT2D eigenvalue weighted by molar-refractivity contribution is 7.89. The number of rotatable bonds is 3. The first-order chi connectivity index (χ1) is 10.6. The quantitative estimate of drug-likeness (QED) is 0.856. The summed E-state index contributed by atoms with van der Waals surface area (Å²) < 4.78 is 27.3. The molecule has 6 heteroatoms. The Kier molecular flexibility index (Phi) is 4.38. The van der Waals surface area contributed by atoms with Gasteiger partial charge in [0.15, 0.2) is 0 Å². The van der Waals surface area contributed by atoms with Crippen molar-refractivity contribution in [1.29, 1.82) is 0 Å². The van der Waals surface area contributed by atoms with Crippen LogP contribution in [-0.2, 0) is 16.4 Å². The summed E-state index contributed by atoms with van der Waals surface area (Å²) >= 11 is 0. The van der Waals surface area contributed by atoms with E-state index in [-0.39, 0.29) is 0 Å². The Morgan fingerprint density at radius 2 is 1.73 bits per heavy atom. The number of hydrogen-bond donors (Lipinski definition) is 0. The van der Waals surface area contributed by atoms with Crippen LogP contribution in [0.5, 0.6) is 0 Å². The molecule has 5 nitrogen and oxygen atoms in total. The molecule has 0 aromatic heterocycles. The van der Waals surface area contributed by atoms with E-state index in [0.29, 0.717) is 23.9 Å². The molecule has 0 atom stereocenters. The van der Waals surface area contributed by atoms with Crippen molar-refractivity contribution in [1.82, 2.24) is 9.21 Å². The van der Waals surface area contributed by atoms with Gasteiger partial charge in [0.1, 0.15) is 0 Å². The molecule has 1 fully saturated rings. The normalized spacial score (nSPS) is 19.4. The first kappa shape index (κ1) is 15.3. The number of sulfonamides is 1. The summed E-state index contributed by atoms with van der Waals surface area (Å²) in [7, 11) is -3.50. The summed E-state index contributed by atoms with van der Waals surface area (Å²) in [4.78, 5) is 6.93. The summed E-state index contributed by atoms with van der Waals surface area (Å²) in [5.74, 6) is 0.638. The van der Waals surface area contributed by atoms with Crippen molar-refractivity contribution < 1.29 is 8.42 Å². The van der Waals surface area contributed by atoms with Crippen molar-refractivity contribution >= 4 is 16.0 Å². The summed E-state index contributed by atoms with van der Waals surface area (Å²) in [6, 6.07) is 7.20. The molecule has 3 rings (SSSR count). The maximum absolute atomic E-state index is 12.9. The Labute approximate surface area is 132 Å². The Morgan fingerprint density at radius 1 is 1.05 bits per heavy atom. The monoisotopic (exact) mass is 321 g/mol. The van der Waals surface area contributed by atoms with Gasteiger partial charge in [-0.25, -0.2) is 12.7 Å². The van der Waals surface area contributed by atoms with E-state index in [1.165, 1.54) is 10.7 Å². The summed E-state index contributed by atoms with van der Waals surface area (Å²) in [6.07, 6.45) is 4.34. The summed E-state index contributed by atoms with van der Waals surface area (Å²) in [5, 5.41) is 0. The van der Waals surface area contributed by atoms with Crippen LogP contribution in [-0.4, -0.2) is 49.8 Å². The third-order valence-corrected chi connectivity index (χ3v) is 6.13. The van der Waals surface area contributed by atoms with Gasteiger partial charge < -0.3 is 4.90 Å². The van der Waals surface area contributed by atoms with Gasteiger partial charge in [-0.05, 0) is 43.4 Å². The van der Waals surface area contributed by atoms with Gasteiger partial charge in [0.2, 0.25) is 5.96 Å². The number of benzene rings is 1. The molecule has 22 heavy (non-hydrogen) atoms.